The zero-order chi connectivity index (χ0) is 8.27. The van der Waals surface area contributed by atoms with Crippen molar-refractivity contribution in [2.45, 2.75) is 13.3 Å². The van der Waals surface area contributed by atoms with Gasteiger partial charge in [0.1, 0.15) is 6.42 Å². The SMILES string of the molecule is CCOC1=NC(=O)CC(=O)N1. The fourth-order valence-corrected chi connectivity index (χ4v) is 0.687. The maximum Gasteiger partial charge on any atom is 0.299 e. The van der Waals surface area contributed by atoms with Gasteiger partial charge in [0, 0.05) is 0 Å². The van der Waals surface area contributed by atoms with Crippen molar-refractivity contribution in [1.29, 1.82) is 0 Å². The highest BCUT2D eigenvalue weighted by Gasteiger charge is 2.18. The number of ether oxygens (including phenoxy) is 1. The van der Waals surface area contributed by atoms with E-state index in [4.69, 9.17) is 4.74 Å². The first kappa shape index (κ1) is 7.71. The van der Waals surface area contributed by atoms with E-state index in [0.717, 1.165) is 0 Å². The molecule has 0 aliphatic carbocycles. The van der Waals surface area contributed by atoms with E-state index in [9.17, 15) is 9.59 Å². The summed E-state index contributed by atoms with van der Waals surface area (Å²) < 4.78 is 4.82. The van der Waals surface area contributed by atoms with Gasteiger partial charge < -0.3 is 4.74 Å². The van der Waals surface area contributed by atoms with Crippen molar-refractivity contribution in [3.63, 3.8) is 0 Å². The second-order valence-corrected chi connectivity index (χ2v) is 1.97. The highest BCUT2D eigenvalue weighted by atomic mass is 16.5. The Labute approximate surface area is 63.4 Å². The number of carbonyl (C=O) groups is 2. The summed E-state index contributed by atoms with van der Waals surface area (Å²) in [6.07, 6.45) is -0.184. The van der Waals surface area contributed by atoms with Crippen LogP contribution in [-0.2, 0) is 14.3 Å². The molecule has 0 radical (unpaired) electrons. The predicted octanol–water partition coefficient (Wildman–Crippen LogP) is -0.575. The van der Waals surface area contributed by atoms with Crippen molar-refractivity contribution in [2.24, 2.45) is 4.99 Å². The lowest BCUT2D eigenvalue weighted by molar-refractivity contribution is -0.128. The molecule has 0 saturated heterocycles. The zero-order valence-corrected chi connectivity index (χ0v) is 6.09. The van der Waals surface area contributed by atoms with Gasteiger partial charge in [-0.3, -0.25) is 14.9 Å². The van der Waals surface area contributed by atoms with Crippen LogP contribution in [0.3, 0.4) is 0 Å². The summed E-state index contributed by atoms with van der Waals surface area (Å²) in [6.45, 7) is 2.13. The molecule has 5 nitrogen and oxygen atoms in total. The molecule has 1 N–H and O–H groups in total. The topological polar surface area (TPSA) is 67.8 Å². The monoisotopic (exact) mass is 156 g/mol. The maximum absolute atomic E-state index is 10.7. The first-order valence-electron chi connectivity index (χ1n) is 3.26. The van der Waals surface area contributed by atoms with Crippen LogP contribution in [0.4, 0.5) is 0 Å². The van der Waals surface area contributed by atoms with Gasteiger partial charge in [0.05, 0.1) is 6.61 Å². The van der Waals surface area contributed by atoms with Crippen LogP contribution in [0, 0.1) is 0 Å². The Bertz CT molecular complexity index is 222. The number of amides is 2. The Hall–Kier alpha value is -1.39. The molecule has 0 aromatic carbocycles. The summed E-state index contributed by atoms with van der Waals surface area (Å²) in [7, 11) is 0. The van der Waals surface area contributed by atoms with E-state index in [1.165, 1.54) is 0 Å². The zero-order valence-electron chi connectivity index (χ0n) is 6.09. The van der Waals surface area contributed by atoms with Gasteiger partial charge in [0.2, 0.25) is 5.91 Å². The van der Waals surface area contributed by atoms with Crippen LogP contribution in [0.2, 0.25) is 0 Å². The van der Waals surface area contributed by atoms with Crippen LogP contribution in [0.25, 0.3) is 0 Å². The molecule has 0 saturated carbocycles. The highest BCUT2D eigenvalue weighted by molar-refractivity contribution is 6.11. The third-order valence-electron chi connectivity index (χ3n) is 1.07. The molecule has 1 rings (SSSR count). The molecule has 0 fully saturated rings. The third-order valence-corrected chi connectivity index (χ3v) is 1.07. The van der Waals surface area contributed by atoms with Crippen LogP contribution in [0.15, 0.2) is 4.99 Å². The van der Waals surface area contributed by atoms with Gasteiger partial charge in [-0.2, -0.15) is 4.99 Å². The van der Waals surface area contributed by atoms with Crippen LogP contribution in [-0.4, -0.2) is 24.4 Å². The molecule has 2 amide bonds. The highest BCUT2D eigenvalue weighted by Crippen LogP contribution is 1.94. The number of amidine groups is 1. The minimum absolute atomic E-state index is 0.00810. The van der Waals surface area contributed by atoms with E-state index in [1.807, 2.05) is 0 Å². The Morgan fingerprint density at radius 1 is 1.64 bits per heavy atom. The van der Waals surface area contributed by atoms with E-state index in [0.29, 0.717) is 6.61 Å². The normalized spacial score (nSPS) is 17.4. The number of hydrogen-bond donors (Lipinski definition) is 1. The molecule has 0 aromatic heterocycles. The molecule has 0 spiro atoms. The second kappa shape index (κ2) is 3.14. The average Bonchev–Trinajstić information content (AvgIpc) is 1.85. The minimum Gasteiger partial charge on any atom is -0.465 e. The molecule has 60 valence electrons. The molecule has 11 heavy (non-hydrogen) atoms. The molecule has 0 unspecified atom stereocenters. The van der Waals surface area contributed by atoms with Gasteiger partial charge in [-0.15, -0.1) is 0 Å². The van der Waals surface area contributed by atoms with Crippen molar-refractivity contribution < 1.29 is 14.3 Å². The molecule has 0 bridgehead atoms. The Morgan fingerprint density at radius 3 is 2.91 bits per heavy atom. The van der Waals surface area contributed by atoms with Crippen molar-refractivity contribution in [3.05, 3.63) is 0 Å². The van der Waals surface area contributed by atoms with Crippen molar-refractivity contribution in [1.82, 2.24) is 5.32 Å². The van der Waals surface area contributed by atoms with E-state index in [-0.39, 0.29) is 18.3 Å². The van der Waals surface area contributed by atoms with Gasteiger partial charge in [0.15, 0.2) is 0 Å². The van der Waals surface area contributed by atoms with Gasteiger partial charge in [0.25, 0.3) is 11.9 Å². The molecular weight excluding hydrogens is 148 g/mol. The Kier molecular flexibility index (Phi) is 2.20. The fourth-order valence-electron chi connectivity index (χ4n) is 0.687. The number of nitrogens with zero attached hydrogens (tertiary/aromatic N) is 1. The summed E-state index contributed by atoms with van der Waals surface area (Å²) in [5, 5.41) is 2.32. The lowest BCUT2D eigenvalue weighted by Gasteiger charge is -2.10. The van der Waals surface area contributed by atoms with Gasteiger partial charge >= 0.3 is 0 Å². The van der Waals surface area contributed by atoms with Crippen LogP contribution in [0.5, 0.6) is 0 Å². The number of rotatable bonds is 1. The summed E-state index contributed by atoms with van der Waals surface area (Å²) in [6, 6.07) is 0.00810. The van der Waals surface area contributed by atoms with Crippen LogP contribution < -0.4 is 5.32 Å². The van der Waals surface area contributed by atoms with Gasteiger partial charge in [-0.05, 0) is 6.92 Å². The van der Waals surface area contributed by atoms with Gasteiger partial charge in [-0.25, -0.2) is 0 Å². The smallest absolute Gasteiger partial charge is 0.299 e. The van der Waals surface area contributed by atoms with Crippen molar-refractivity contribution in [2.75, 3.05) is 6.61 Å². The Morgan fingerprint density at radius 2 is 2.36 bits per heavy atom. The lowest BCUT2D eigenvalue weighted by Crippen LogP contribution is -2.38. The van der Waals surface area contributed by atoms with Crippen LogP contribution in [0.1, 0.15) is 13.3 Å². The predicted molar refractivity (Wildman–Crippen MR) is 36.8 cm³/mol. The Balaban J connectivity index is 2.64. The quantitative estimate of drug-likeness (QED) is 0.517. The second-order valence-electron chi connectivity index (χ2n) is 1.97. The van der Waals surface area contributed by atoms with E-state index in [1.54, 1.807) is 6.92 Å². The van der Waals surface area contributed by atoms with Crippen molar-refractivity contribution >= 4 is 17.8 Å². The maximum atomic E-state index is 10.7. The molecular formula is C6H8N2O3. The van der Waals surface area contributed by atoms with Crippen LogP contribution >= 0.6 is 0 Å². The molecule has 0 atom stereocenters. The van der Waals surface area contributed by atoms with E-state index < -0.39 is 5.91 Å². The summed E-state index contributed by atoms with van der Waals surface area (Å²) in [4.78, 5) is 24.7. The first-order chi connectivity index (χ1) is 5.22. The largest absolute Gasteiger partial charge is 0.465 e. The minimum atomic E-state index is -0.461. The standard InChI is InChI=1S/C6H8N2O3/c1-2-11-6-7-4(9)3-5(10)8-6/h2-3H2,1H3,(H,7,8,9,10). The summed E-state index contributed by atoms with van der Waals surface area (Å²) >= 11 is 0. The van der Waals surface area contributed by atoms with E-state index in [2.05, 4.69) is 10.3 Å². The summed E-state index contributed by atoms with van der Waals surface area (Å²) in [5.41, 5.74) is 0. The van der Waals surface area contributed by atoms with E-state index >= 15 is 0 Å². The fraction of sp³-hybridized carbons (Fsp3) is 0.500. The molecule has 1 aliphatic rings. The molecule has 1 aliphatic heterocycles. The molecule has 5 heteroatoms. The van der Waals surface area contributed by atoms with Crippen molar-refractivity contribution in [3.8, 4) is 0 Å². The summed E-state index contributed by atoms with van der Waals surface area (Å²) in [5.74, 6) is -0.828. The first-order valence-corrected chi connectivity index (χ1v) is 3.26. The number of hydrogen-bond acceptors (Lipinski definition) is 3. The molecule has 1 heterocycles. The third kappa shape index (κ3) is 2.03. The number of aliphatic imine (C=N–C) groups is 1. The lowest BCUT2D eigenvalue weighted by atomic mass is 10.3. The molecule has 0 aromatic rings. The number of nitrogens with one attached hydrogen (secondary N) is 1. The number of carbonyl (C=O) groups excluding carboxylic acids is 2. The van der Waals surface area contributed by atoms with Gasteiger partial charge in [-0.1, -0.05) is 0 Å². The average molecular weight is 156 g/mol.